The van der Waals surface area contributed by atoms with Gasteiger partial charge in [0.05, 0.1) is 0 Å². The quantitative estimate of drug-likeness (QED) is 0.163. The van der Waals surface area contributed by atoms with Gasteiger partial charge < -0.3 is 10.2 Å². The normalized spacial score (nSPS) is 37.1. The average Bonchev–Trinajstić information content (AvgIpc) is 3.45. The summed E-state index contributed by atoms with van der Waals surface area (Å²) in [5.74, 6) is 10.5. The van der Waals surface area contributed by atoms with Crippen LogP contribution in [0.4, 0.5) is 0 Å². The Morgan fingerprint density at radius 2 is 1.49 bits per heavy atom. The first kappa shape index (κ1) is 37.1. The van der Waals surface area contributed by atoms with Crippen molar-refractivity contribution in [2.45, 2.75) is 145 Å². The Labute approximate surface area is 269 Å². The molecule has 3 aliphatic carbocycles. The van der Waals surface area contributed by atoms with Crippen LogP contribution in [-0.4, -0.2) is 23.4 Å². The van der Waals surface area contributed by atoms with Gasteiger partial charge in [0, 0.05) is 13.2 Å². The molecule has 3 saturated carbocycles. The second kappa shape index (κ2) is 18.1. The van der Waals surface area contributed by atoms with E-state index in [0.717, 1.165) is 59.7 Å². The Balaban J connectivity index is 1.69. The first-order chi connectivity index (χ1) is 20.6. The number of aliphatic hydroxyl groups is 2. The van der Waals surface area contributed by atoms with Crippen molar-refractivity contribution in [3.05, 3.63) is 12.7 Å². The molecule has 0 aromatic rings. The van der Waals surface area contributed by atoms with Crippen LogP contribution in [0.25, 0.3) is 0 Å². The zero-order chi connectivity index (χ0) is 31.7. The molecule has 0 saturated heterocycles. The van der Waals surface area contributed by atoms with Crippen LogP contribution in [0, 0.1) is 88.8 Å². The molecule has 2 heteroatoms. The topological polar surface area (TPSA) is 40.5 Å². The van der Waals surface area contributed by atoms with Crippen molar-refractivity contribution in [3.8, 4) is 0 Å². The highest BCUT2D eigenvalue weighted by Gasteiger charge is 2.46. The minimum absolute atomic E-state index is 0.286. The molecule has 0 spiro atoms. The van der Waals surface area contributed by atoms with E-state index >= 15 is 0 Å². The van der Waals surface area contributed by atoms with E-state index in [1.54, 1.807) is 0 Å². The number of hydrogen-bond acceptors (Lipinski definition) is 2. The summed E-state index contributed by atoms with van der Waals surface area (Å²) in [4.78, 5) is 0. The maximum atomic E-state index is 10.8. The Morgan fingerprint density at radius 1 is 0.814 bits per heavy atom. The summed E-state index contributed by atoms with van der Waals surface area (Å²) in [5.41, 5.74) is 0. The third-order valence-corrected chi connectivity index (χ3v) is 14.3. The molecule has 0 heterocycles. The summed E-state index contributed by atoms with van der Waals surface area (Å²) in [6.45, 7) is 24.5. The number of allylic oxidation sites excluding steroid dienone is 1. The van der Waals surface area contributed by atoms with Gasteiger partial charge in [-0.15, -0.1) is 6.58 Å². The lowest BCUT2D eigenvalue weighted by Gasteiger charge is -2.46. The van der Waals surface area contributed by atoms with Gasteiger partial charge in [-0.3, -0.25) is 0 Å². The molecular formula is C41H76O2. The van der Waals surface area contributed by atoms with Crippen LogP contribution >= 0.6 is 0 Å². The molecule has 3 aliphatic rings. The van der Waals surface area contributed by atoms with Crippen LogP contribution in [0.15, 0.2) is 12.7 Å². The highest BCUT2D eigenvalue weighted by molar-refractivity contribution is 4.96. The SMILES string of the molecule is C=CCC1C(CCC(C)C)CCCC1C(C)C(C)CC(CO)C1CC(C(C)C2CCCC(CC)C2C(C)CC)CC1CO. The molecule has 3 fully saturated rings. The van der Waals surface area contributed by atoms with E-state index in [-0.39, 0.29) is 6.61 Å². The Kier molecular flexibility index (Phi) is 15.6. The maximum Gasteiger partial charge on any atom is 0.0462 e. The fourth-order valence-electron chi connectivity index (χ4n) is 11.4. The second-order valence-electron chi connectivity index (χ2n) is 17.0. The van der Waals surface area contributed by atoms with Gasteiger partial charge in [-0.05, 0) is 134 Å². The molecule has 0 radical (unpaired) electrons. The van der Waals surface area contributed by atoms with Crippen molar-refractivity contribution in [1.29, 1.82) is 0 Å². The second-order valence-corrected chi connectivity index (χ2v) is 17.0. The van der Waals surface area contributed by atoms with E-state index in [0.29, 0.717) is 42.1 Å². The standard InChI is InChI=1S/C41H76O2/c1-10-15-39-33(21-20-27(4)5)17-14-18-37(39)30(8)29(7)22-35(25-42)40-24-34(23-36(40)26-43)31(9)38-19-13-16-32(12-3)41(38)28(6)11-2/h10,27-43H,1,11-26H2,2-9H3. The van der Waals surface area contributed by atoms with Gasteiger partial charge in [0.15, 0.2) is 0 Å². The third kappa shape index (κ3) is 9.36. The van der Waals surface area contributed by atoms with Crippen molar-refractivity contribution >= 4 is 0 Å². The largest absolute Gasteiger partial charge is 0.396 e. The van der Waals surface area contributed by atoms with Crippen LogP contribution in [-0.2, 0) is 0 Å². The summed E-state index contributed by atoms with van der Waals surface area (Å²) in [7, 11) is 0. The Bertz CT molecular complexity index is 776. The van der Waals surface area contributed by atoms with E-state index < -0.39 is 0 Å². The third-order valence-electron chi connectivity index (χ3n) is 14.3. The molecule has 14 atom stereocenters. The van der Waals surface area contributed by atoms with Gasteiger partial charge in [0.25, 0.3) is 0 Å². The minimum Gasteiger partial charge on any atom is -0.396 e. The first-order valence-corrected chi connectivity index (χ1v) is 19.4. The van der Waals surface area contributed by atoms with Crippen molar-refractivity contribution < 1.29 is 10.2 Å². The molecule has 14 unspecified atom stereocenters. The zero-order valence-electron chi connectivity index (χ0n) is 30.2. The molecule has 0 amide bonds. The molecule has 3 rings (SSSR count). The monoisotopic (exact) mass is 601 g/mol. The zero-order valence-corrected chi connectivity index (χ0v) is 30.2. The van der Waals surface area contributed by atoms with Gasteiger partial charge in [0.2, 0.25) is 0 Å². The van der Waals surface area contributed by atoms with E-state index in [1.165, 1.54) is 83.5 Å². The Hall–Kier alpha value is -0.340. The van der Waals surface area contributed by atoms with Crippen LogP contribution in [0.2, 0.25) is 0 Å². The lowest BCUT2D eigenvalue weighted by Crippen LogP contribution is -2.38. The van der Waals surface area contributed by atoms with Gasteiger partial charge in [0.1, 0.15) is 0 Å². The van der Waals surface area contributed by atoms with E-state index in [1.807, 2.05) is 0 Å². The summed E-state index contributed by atoms with van der Waals surface area (Å²) in [5, 5.41) is 21.5. The van der Waals surface area contributed by atoms with Gasteiger partial charge in [-0.25, -0.2) is 0 Å². The van der Waals surface area contributed by atoms with Crippen molar-refractivity contribution in [1.82, 2.24) is 0 Å². The molecular weight excluding hydrogens is 524 g/mol. The van der Waals surface area contributed by atoms with E-state index in [4.69, 9.17) is 0 Å². The van der Waals surface area contributed by atoms with Crippen LogP contribution in [0.3, 0.4) is 0 Å². The summed E-state index contributed by atoms with van der Waals surface area (Å²) < 4.78 is 0. The fraction of sp³-hybridized carbons (Fsp3) is 0.951. The molecule has 0 aliphatic heterocycles. The van der Waals surface area contributed by atoms with Crippen LogP contribution < -0.4 is 0 Å². The Morgan fingerprint density at radius 3 is 2.07 bits per heavy atom. The molecule has 252 valence electrons. The van der Waals surface area contributed by atoms with E-state index in [2.05, 4.69) is 68.0 Å². The maximum absolute atomic E-state index is 10.8. The van der Waals surface area contributed by atoms with Gasteiger partial charge >= 0.3 is 0 Å². The average molecular weight is 601 g/mol. The molecule has 2 nitrogen and oxygen atoms in total. The number of hydrogen-bond donors (Lipinski definition) is 2. The lowest BCUT2D eigenvalue weighted by atomic mass is 9.60. The predicted octanol–water partition coefficient (Wildman–Crippen LogP) is 11.1. The summed E-state index contributed by atoms with van der Waals surface area (Å²) in [6.07, 6.45) is 20.6. The summed E-state index contributed by atoms with van der Waals surface area (Å²) in [6, 6.07) is 0. The molecule has 0 aromatic carbocycles. The molecule has 2 N–H and O–H groups in total. The van der Waals surface area contributed by atoms with Crippen molar-refractivity contribution in [2.75, 3.05) is 13.2 Å². The fourth-order valence-corrected chi connectivity index (χ4v) is 11.4. The smallest absolute Gasteiger partial charge is 0.0462 e. The predicted molar refractivity (Wildman–Crippen MR) is 187 cm³/mol. The molecule has 0 bridgehead atoms. The van der Waals surface area contributed by atoms with Gasteiger partial charge in [-0.1, -0.05) is 106 Å². The summed E-state index contributed by atoms with van der Waals surface area (Å²) >= 11 is 0. The highest BCUT2D eigenvalue weighted by Crippen LogP contribution is 2.53. The number of rotatable bonds is 17. The molecule has 0 aromatic heterocycles. The van der Waals surface area contributed by atoms with Crippen LogP contribution in [0.5, 0.6) is 0 Å². The first-order valence-electron chi connectivity index (χ1n) is 19.4. The van der Waals surface area contributed by atoms with Crippen LogP contribution in [0.1, 0.15) is 145 Å². The lowest BCUT2D eigenvalue weighted by molar-refractivity contribution is 0.0352. The van der Waals surface area contributed by atoms with Crippen molar-refractivity contribution in [2.24, 2.45) is 88.8 Å². The minimum atomic E-state index is 0.286. The highest BCUT2D eigenvalue weighted by atomic mass is 16.3. The van der Waals surface area contributed by atoms with E-state index in [9.17, 15) is 10.2 Å². The number of aliphatic hydroxyl groups excluding tert-OH is 2. The van der Waals surface area contributed by atoms with Gasteiger partial charge in [-0.2, -0.15) is 0 Å². The molecule has 43 heavy (non-hydrogen) atoms. The van der Waals surface area contributed by atoms with Crippen molar-refractivity contribution in [3.63, 3.8) is 0 Å².